The predicted molar refractivity (Wildman–Crippen MR) is 116 cm³/mol. The molecule has 5 nitrogen and oxygen atoms in total. The normalized spacial score (nSPS) is 11.0. The molecule has 0 atom stereocenters. The quantitative estimate of drug-likeness (QED) is 0.428. The highest BCUT2D eigenvalue weighted by Gasteiger charge is 2.25. The van der Waals surface area contributed by atoms with Gasteiger partial charge in [-0.3, -0.25) is 9.69 Å². The molecule has 2 aromatic heterocycles. The number of anilines is 1. The maximum absolute atomic E-state index is 13.5. The molecule has 0 aliphatic rings. The van der Waals surface area contributed by atoms with Crippen LogP contribution in [0.4, 0.5) is 5.13 Å². The maximum atomic E-state index is 13.5. The highest BCUT2D eigenvalue weighted by Crippen LogP contribution is 2.37. The molecule has 6 heteroatoms. The van der Waals surface area contributed by atoms with Crippen LogP contribution in [-0.2, 0) is 6.54 Å². The van der Waals surface area contributed by atoms with Crippen molar-refractivity contribution in [2.24, 2.45) is 0 Å². The molecule has 0 radical (unpaired) electrons. The highest BCUT2D eigenvalue weighted by atomic mass is 32.1. The summed E-state index contributed by atoms with van der Waals surface area (Å²) < 4.78 is 12.0. The number of furan rings is 1. The number of fused-ring (bicyclic) bond motifs is 1. The number of benzene rings is 2. The Labute approximate surface area is 173 Å². The summed E-state index contributed by atoms with van der Waals surface area (Å²) in [5.74, 6) is 1.30. The second-order valence-electron chi connectivity index (χ2n) is 7.05. The average molecular weight is 407 g/mol. The van der Waals surface area contributed by atoms with Gasteiger partial charge in [0.25, 0.3) is 5.91 Å². The number of hydrogen-bond donors (Lipinski definition) is 0. The van der Waals surface area contributed by atoms with Gasteiger partial charge in [-0.1, -0.05) is 35.1 Å². The Morgan fingerprint density at radius 3 is 2.66 bits per heavy atom. The zero-order valence-corrected chi connectivity index (χ0v) is 17.7. The number of ether oxygens (including phenoxy) is 1. The second-order valence-corrected chi connectivity index (χ2v) is 8.03. The number of carbonyl (C=O) groups excluding carboxylic acids is 1. The summed E-state index contributed by atoms with van der Waals surface area (Å²) in [6, 6.07) is 13.4. The van der Waals surface area contributed by atoms with E-state index in [2.05, 4.69) is 0 Å². The minimum atomic E-state index is -0.102. The Kier molecular flexibility index (Phi) is 5.11. The Balaban J connectivity index is 1.83. The number of aromatic nitrogens is 1. The fourth-order valence-electron chi connectivity index (χ4n) is 3.36. The van der Waals surface area contributed by atoms with E-state index in [1.165, 1.54) is 11.3 Å². The van der Waals surface area contributed by atoms with Gasteiger partial charge in [0.1, 0.15) is 17.0 Å². The SMILES string of the molecule is COc1ccc(C)c2sc(N(Cc3ccco3)C(=O)c3ccc(C)cc3C)nc12. The van der Waals surface area contributed by atoms with Crippen molar-refractivity contribution >= 4 is 32.6 Å². The summed E-state index contributed by atoms with van der Waals surface area (Å²) >= 11 is 1.49. The molecule has 2 aromatic carbocycles. The van der Waals surface area contributed by atoms with Crippen LogP contribution in [0.25, 0.3) is 10.2 Å². The minimum Gasteiger partial charge on any atom is -0.494 e. The number of rotatable bonds is 5. The van der Waals surface area contributed by atoms with Crippen LogP contribution in [0.5, 0.6) is 5.75 Å². The molecule has 1 amide bonds. The van der Waals surface area contributed by atoms with Crippen molar-refractivity contribution in [3.63, 3.8) is 0 Å². The Morgan fingerprint density at radius 2 is 1.97 bits per heavy atom. The van der Waals surface area contributed by atoms with Crippen LogP contribution in [0.1, 0.15) is 32.8 Å². The van der Waals surface area contributed by atoms with Gasteiger partial charge in [-0.15, -0.1) is 0 Å². The van der Waals surface area contributed by atoms with E-state index in [1.54, 1.807) is 18.3 Å². The minimum absolute atomic E-state index is 0.102. The largest absolute Gasteiger partial charge is 0.494 e. The van der Waals surface area contributed by atoms with Crippen LogP contribution in [0.15, 0.2) is 53.1 Å². The summed E-state index contributed by atoms with van der Waals surface area (Å²) in [5.41, 5.74) is 4.59. The van der Waals surface area contributed by atoms with E-state index in [0.29, 0.717) is 28.7 Å². The van der Waals surface area contributed by atoms with Gasteiger partial charge in [-0.2, -0.15) is 0 Å². The number of thiazole rings is 1. The van der Waals surface area contributed by atoms with Gasteiger partial charge in [0.2, 0.25) is 0 Å². The van der Waals surface area contributed by atoms with Crippen molar-refractivity contribution in [3.05, 3.63) is 76.7 Å². The number of amides is 1. The molecule has 4 rings (SSSR count). The number of methoxy groups -OCH3 is 1. The fourth-order valence-corrected chi connectivity index (χ4v) is 4.41. The van der Waals surface area contributed by atoms with E-state index in [1.807, 2.05) is 63.2 Å². The molecule has 148 valence electrons. The van der Waals surface area contributed by atoms with Gasteiger partial charge in [-0.05, 0) is 56.2 Å². The third-order valence-corrected chi connectivity index (χ3v) is 6.11. The van der Waals surface area contributed by atoms with Crippen LogP contribution in [-0.4, -0.2) is 18.0 Å². The Bertz CT molecular complexity index is 1180. The van der Waals surface area contributed by atoms with E-state index >= 15 is 0 Å². The van der Waals surface area contributed by atoms with Crippen LogP contribution in [0.2, 0.25) is 0 Å². The first-order chi connectivity index (χ1) is 14.0. The van der Waals surface area contributed by atoms with Gasteiger partial charge in [0.05, 0.1) is 24.6 Å². The lowest BCUT2D eigenvalue weighted by Gasteiger charge is -2.20. The summed E-state index contributed by atoms with van der Waals surface area (Å²) in [4.78, 5) is 20.0. The molecule has 2 heterocycles. The van der Waals surface area contributed by atoms with Gasteiger partial charge in [-0.25, -0.2) is 4.98 Å². The molecule has 29 heavy (non-hydrogen) atoms. The zero-order chi connectivity index (χ0) is 20.5. The standard InChI is InChI=1S/C23H22N2O3S/c1-14-7-9-18(16(3)12-14)22(26)25(13-17-6-5-11-28-17)23-24-20-19(27-4)10-8-15(2)21(20)29-23/h5-12H,13H2,1-4H3. The van der Waals surface area contributed by atoms with Gasteiger partial charge in [0.15, 0.2) is 5.13 Å². The molecule has 4 aromatic rings. The van der Waals surface area contributed by atoms with E-state index in [-0.39, 0.29) is 5.91 Å². The monoisotopic (exact) mass is 406 g/mol. The number of nitrogens with zero attached hydrogens (tertiary/aromatic N) is 2. The molecule has 0 aliphatic heterocycles. The lowest BCUT2D eigenvalue weighted by molar-refractivity contribution is 0.0982. The molecular weight excluding hydrogens is 384 g/mol. The van der Waals surface area contributed by atoms with Crippen molar-refractivity contribution in [1.82, 2.24) is 4.98 Å². The Hall–Kier alpha value is -3.12. The van der Waals surface area contributed by atoms with Crippen LogP contribution in [0, 0.1) is 20.8 Å². The molecule has 0 aliphatic carbocycles. The molecule has 0 N–H and O–H groups in total. The van der Waals surface area contributed by atoms with Crippen molar-refractivity contribution in [2.75, 3.05) is 12.0 Å². The molecular formula is C23H22N2O3S. The van der Waals surface area contributed by atoms with Gasteiger partial charge < -0.3 is 9.15 Å². The van der Waals surface area contributed by atoms with E-state index < -0.39 is 0 Å². The lowest BCUT2D eigenvalue weighted by Crippen LogP contribution is -2.30. The maximum Gasteiger partial charge on any atom is 0.260 e. The molecule has 0 spiro atoms. The molecule has 0 fully saturated rings. The predicted octanol–water partition coefficient (Wildman–Crippen LogP) is 5.67. The molecule has 0 unspecified atom stereocenters. The third-order valence-electron chi connectivity index (χ3n) is 4.89. The van der Waals surface area contributed by atoms with Crippen LogP contribution in [0.3, 0.4) is 0 Å². The topological polar surface area (TPSA) is 55.6 Å². The fraction of sp³-hybridized carbons (Fsp3) is 0.217. The van der Waals surface area contributed by atoms with Crippen molar-refractivity contribution in [2.45, 2.75) is 27.3 Å². The molecule has 0 bridgehead atoms. The summed E-state index contributed by atoms with van der Waals surface area (Å²) in [6.45, 7) is 6.31. The third kappa shape index (κ3) is 3.63. The summed E-state index contributed by atoms with van der Waals surface area (Å²) in [6.07, 6.45) is 1.61. The summed E-state index contributed by atoms with van der Waals surface area (Å²) in [7, 11) is 1.63. The molecule has 0 saturated heterocycles. The highest BCUT2D eigenvalue weighted by molar-refractivity contribution is 7.22. The van der Waals surface area contributed by atoms with Crippen LogP contribution < -0.4 is 9.64 Å². The van der Waals surface area contributed by atoms with E-state index in [9.17, 15) is 4.79 Å². The van der Waals surface area contributed by atoms with Crippen molar-refractivity contribution in [3.8, 4) is 5.75 Å². The smallest absolute Gasteiger partial charge is 0.260 e. The first kappa shape index (κ1) is 19.2. The Morgan fingerprint density at radius 1 is 1.14 bits per heavy atom. The van der Waals surface area contributed by atoms with E-state index in [4.69, 9.17) is 14.1 Å². The zero-order valence-electron chi connectivity index (χ0n) is 16.9. The van der Waals surface area contributed by atoms with E-state index in [0.717, 1.165) is 26.9 Å². The number of carbonyl (C=O) groups is 1. The van der Waals surface area contributed by atoms with Crippen LogP contribution >= 0.6 is 11.3 Å². The first-order valence-electron chi connectivity index (χ1n) is 9.33. The first-order valence-corrected chi connectivity index (χ1v) is 10.1. The summed E-state index contributed by atoms with van der Waals surface area (Å²) in [5, 5.41) is 0.619. The van der Waals surface area contributed by atoms with Gasteiger partial charge >= 0.3 is 0 Å². The lowest BCUT2D eigenvalue weighted by atomic mass is 10.0. The molecule has 0 saturated carbocycles. The second kappa shape index (κ2) is 7.72. The van der Waals surface area contributed by atoms with Crippen molar-refractivity contribution in [1.29, 1.82) is 0 Å². The number of aryl methyl sites for hydroxylation is 3. The van der Waals surface area contributed by atoms with Crippen molar-refractivity contribution < 1.29 is 13.9 Å². The number of hydrogen-bond acceptors (Lipinski definition) is 5. The average Bonchev–Trinajstić information content (AvgIpc) is 3.36. The van der Waals surface area contributed by atoms with Gasteiger partial charge in [0, 0.05) is 5.56 Å².